The Morgan fingerprint density at radius 2 is 2.26 bits per heavy atom. The lowest BCUT2D eigenvalue weighted by atomic mass is 10.0. The minimum Gasteiger partial charge on any atom is -0.481 e. The maximum absolute atomic E-state index is 12.1. The van der Waals surface area contributed by atoms with Crippen molar-refractivity contribution in [3.63, 3.8) is 0 Å². The van der Waals surface area contributed by atoms with Gasteiger partial charge in [-0.25, -0.2) is 0 Å². The van der Waals surface area contributed by atoms with Crippen LogP contribution in [0.5, 0.6) is 0 Å². The highest BCUT2D eigenvalue weighted by atomic mass is 32.2. The van der Waals surface area contributed by atoms with Crippen LogP contribution in [0, 0.1) is 5.92 Å². The van der Waals surface area contributed by atoms with Gasteiger partial charge in [0.2, 0.25) is 0 Å². The smallest absolute Gasteiger partial charge is 0.307 e. The predicted octanol–water partition coefficient (Wildman–Crippen LogP) is 0.0424. The van der Waals surface area contributed by atoms with Crippen molar-refractivity contribution >= 4 is 16.2 Å². The highest BCUT2D eigenvalue weighted by molar-refractivity contribution is 7.87. The molecule has 0 bridgehead atoms. The summed E-state index contributed by atoms with van der Waals surface area (Å²) in [5.74, 6) is -1.56. The third kappa shape index (κ3) is 5.06. The Hall–Kier alpha value is -0.700. The maximum Gasteiger partial charge on any atom is 0.307 e. The van der Waals surface area contributed by atoms with Gasteiger partial charge in [0.1, 0.15) is 0 Å². The molecule has 2 atom stereocenters. The Morgan fingerprint density at radius 3 is 2.84 bits per heavy atom. The van der Waals surface area contributed by atoms with Crippen molar-refractivity contribution in [2.75, 3.05) is 26.3 Å². The van der Waals surface area contributed by atoms with E-state index in [1.807, 2.05) is 6.92 Å². The molecular weight excluding hydrogens is 272 g/mol. The highest BCUT2D eigenvalue weighted by Crippen LogP contribution is 2.18. The van der Waals surface area contributed by atoms with Crippen LogP contribution in [0.15, 0.2) is 0 Å². The van der Waals surface area contributed by atoms with E-state index >= 15 is 0 Å². The van der Waals surface area contributed by atoms with Crippen LogP contribution in [0.3, 0.4) is 0 Å². The Labute approximate surface area is 114 Å². The van der Waals surface area contributed by atoms with Crippen molar-refractivity contribution in [2.24, 2.45) is 5.92 Å². The van der Waals surface area contributed by atoms with Gasteiger partial charge in [-0.1, -0.05) is 0 Å². The van der Waals surface area contributed by atoms with E-state index in [1.165, 1.54) is 4.31 Å². The number of rotatable bonds is 7. The van der Waals surface area contributed by atoms with E-state index in [4.69, 9.17) is 9.84 Å². The molecule has 0 amide bonds. The van der Waals surface area contributed by atoms with Gasteiger partial charge >= 0.3 is 5.97 Å². The summed E-state index contributed by atoms with van der Waals surface area (Å²) in [6.45, 7) is 4.77. The van der Waals surface area contributed by atoms with Crippen LogP contribution in [0.4, 0.5) is 0 Å². The van der Waals surface area contributed by atoms with Crippen LogP contribution in [0.25, 0.3) is 0 Å². The molecule has 2 unspecified atom stereocenters. The molecule has 112 valence electrons. The van der Waals surface area contributed by atoms with Crippen molar-refractivity contribution in [1.82, 2.24) is 9.03 Å². The van der Waals surface area contributed by atoms with E-state index in [0.717, 1.165) is 0 Å². The second-order valence-electron chi connectivity index (χ2n) is 4.72. The van der Waals surface area contributed by atoms with Gasteiger partial charge in [0.15, 0.2) is 0 Å². The van der Waals surface area contributed by atoms with Gasteiger partial charge in [0.25, 0.3) is 10.2 Å². The molecule has 1 fully saturated rings. The molecule has 7 nitrogen and oxygen atoms in total. The van der Waals surface area contributed by atoms with Crippen LogP contribution < -0.4 is 4.72 Å². The summed E-state index contributed by atoms with van der Waals surface area (Å²) in [5, 5.41) is 8.96. The molecule has 0 aromatic carbocycles. The molecule has 1 heterocycles. The van der Waals surface area contributed by atoms with Gasteiger partial charge in [-0.05, 0) is 26.7 Å². The number of nitrogens with one attached hydrogen (secondary N) is 1. The first-order valence-corrected chi connectivity index (χ1v) is 7.88. The number of carboxylic acid groups (broad SMARTS) is 1. The van der Waals surface area contributed by atoms with Crippen LogP contribution in [0.1, 0.15) is 26.7 Å². The van der Waals surface area contributed by atoms with Crippen LogP contribution in [-0.2, 0) is 19.7 Å². The largest absolute Gasteiger partial charge is 0.481 e. The van der Waals surface area contributed by atoms with E-state index in [9.17, 15) is 13.2 Å². The fourth-order valence-electron chi connectivity index (χ4n) is 2.02. The summed E-state index contributed by atoms with van der Waals surface area (Å²) in [5.41, 5.74) is 0. The number of aliphatic carboxylic acids is 1. The van der Waals surface area contributed by atoms with Crippen LogP contribution >= 0.6 is 0 Å². The van der Waals surface area contributed by atoms with Crippen molar-refractivity contribution < 1.29 is 23.1 Å². The lowest BCUT2D eigenvalue weighted by Crippen LogP contribution is -2.50. The Balaban J connectivity index is 2.58. The van der Waals surface area contributed by atoms with Gasteiger partial charge < -0.3 is 9.84 Å². The Kier molecular flexibility index (Phi) is 6.18. The fraction of sp³-hybridized carbons (Fsp3) is 0.909. The quantitative estimate of drug-likeness (QED) is 0.691. The molecule has 0 spiro atoms. The van der Waals surface area contributed by atoms with Crippen molar-refractivity contribution in [3.05, 3.63) is 0 Å². The van der Waals surface area contributed by atoms with Gasteiger partial charge in [0, 0.05) is 25.7 Å². The average molecular weight is 294 g/mol. The molecule has 0 saturated carbocycles. The monoisotopic (exact) mass is 294 g/mol. The number of hydrogen-bond donors (Lipinski definition) is 2. The average Bonchev–Trinajstić information content (AvgIpc) is 2.36. The molecular formula is C11H22N2O5S. The Morgan fingerprint density at radius 1 is 1.58 bits per heavy atom. The van der Waals surface area contributed by atoms with Gasteiger partial charge in [0.05, 0.1) is 12.5 Å². The number of hydrogen-bond acceptors (Lipinski definition) is 4. The lowest BCUT2D eigenvalue weighted by Gasteiger charge is -2.30. The third-order valence-electron chi connectivity index (χ3n) is 3.00. The molecule has 2 N–H and O–H groups in total. The first-order valence-electron chi connectivity index (χ1n) is 6.44. The molecule has 0 aromatic rings. The molecule has 0 aromatic heterocycles. The van der Waals surface area contributed by atoms with Crippen molar-refractivity contribution in [3.8, 4) is 0 Å². The molecule has 1 aliphatic heterocycles. The maximum atomic E-state index is 12.1. The third-order valence-corrected chi connectivity index (χ3v) is 4.71. The zero-order chi connectivity index (χ0) is 14.5. The topological polar surface area (TPSA) is 95.9 Å². The van der Waals surface area contributed by atoms with Crippen LogP contribution in [0.2, 0.25) is 0 Å². The predicted molar refractivity (Wildman–Crippen MR) is 69.9 cm³/mol. The summed E-state index contributed by atoms with van der Waals surface area (Å²) in [6.07, 6.45) is 1.09. The number of carbonyl (C=O) groups is 1. The molecule has 1 rings (SSSR count). The first kappa shape index (κ1) is 16.4. The minimum absolute atomic E-state index is 0.0338. The first-order chi connectivity index (χ1) is 8.86. The molecule has 0 radical (unpaired) electrons. The second kappa shape index (κ2) is 7.18. The van der Waals surface area contributed by atoms with E-state index in [-0.39, 0.29) is 12.6 Å². The fourth-order valence-corrected chi connectivity index (χ4v) is 3.49. The minimum atomic E-state index is -3.64. The number of piperidine rings is 1. The zero-order valence-electron chi connectivity index (χ0n) is 11.3. The van der Waals surface area contributed by atoms with E-state index in [0.29, 0.717) is 32.6 Å². The number of nitrogens with zero attached hydrogens (tertiary/aromatic N) is 1. The summed E-state index contributed by atoms with van der Waals surface area (Å²) in [6, 6.07) is -0.338. The summed E-state index contributed by atoms with van der Waals surface area (Å²) in [4.78, 5) is 10.9. The molecule has 8 heteroatoms. The normalized spacial score (nSPS) is 23.2. The van der Waals surface area contributed by atoms with Crippen LogP contribution in [-0.4, -0.2) is 56.1 Å². The highest BCUT2D eigenvalue weighted by Gasteiger charge is 2.32. The standard InChI is InChI=1S/C11H22N2O5S/c1-3-18-8-9(2)12-19(16,17)13-6-4-5-10(7-13)11(14)15/h9-10,12H,3-8H2,1-2H3,(H,14,15). The van der Waals surface area contributed by atoms with E-state index < -0.39 is 22.1 Å². The SMILES string of the molecule is CCOCC(C)NS(=O)(=O)N1CCCC(C(=O)O)C1. The Bertz CT molecular complexity index is 398. The number of ether oxygens (including phenoxy) is 1. The lowest BCUT2D eigenvalue weighted by molar-refractivity contribution is -0.142. The molecule has 0 aliphatic carbocycles. The molecule has 1 aliphatic rings. The van der Waals surface area contributed by atoms with Gasteiger partial charge in [-0.2, -0.15) is 17.4 Å². The zero-order valence-corrected chi connectivity index (χ0v) is 12.1. The second-order valence-corrected chi connectivity index (χ2v) is 6.42. The van der Waals surface area contributed by atoms with Gasteiger partial charge in [-0.15, -0.1) is 0 Å². The number of carboxylic acids is 1. The molecule has 19 heavy (non-hydrogen) atoms. The molecule has 1 saturated heterocycles. The van der Waals surface area contributed by atoms with E-state index in [2.05, 4.69) is 4.72 Å². The van der Waals surface area contributed by atoms with Crippen molar-refractivity contribution in [1.29, 1.82) is 0 Å². The van der Waals surface area contributed by atoms with Crippen molar-refractivity contribution in [2.45, 2.75) is 32.7 Å². The summed E-state index contributed by atoms with van der Waals surface area (Å²) >= 11 is 0. The summed E-state index contributed by atoms with van der Waals surface area (Å²) in [7, 11) is -3.64. The van der Waals surface area contributed by atoms with Gasteiger partial charge in [-0.3, -0.25) is 4.79 Å². The summed E-state index contributed by atoms with van der Waals surface area (Å²) < 4.78 is 33.0. The van der Waals surface area contributed by atoms with E-state index in [1.54, 1.807) is 6.92 Å².